The summed E-state index contributed by atoms with van der Waals surface area (Å²) in [6, 6.07) is 25.1. The van der Waals surface area contributed by atoms with Crippen LogP contribution in [0.15, 0.2) is 89.5 Å². The number of hydrogen-bond acceptors (Lipinski definition) is 5. The van der Waals surface area contributed by atoms with E-state index in [1.54, 1.807) is 20.4 Å². The predicted molar refractivity (Wildman–Crippen MR) is 132 cm³/mol. The number of aromatic nitrogens is 1. The number of nitrogens with one attached hydrogen (secondary N) is 1. The van der Waals surface area contributed by atoms with E-state index < -0.39 is 0 Å². The SMILES string of the molecule is COc1ccc(N2C(=S)N[C@@H](c3ccccn3)[C@H]2c2ccc(-c3ccccc3)o2)c(OC)c1. The standard InChI is InChI=1S/C26H23N3O3S/c1-30-18-11-12-20(23(16-18)31-2)29-25(24(28-26(29)33)19-10-6-7-15-27-19)22-14-13-21(32-22)17-8-4-3-5-9-17/h3-16,24-25H,1-2H3,(H,28,33)/t24-,25+/m0/s1. The van der Waals surface area contributed by atoms with Crippen LogP contribution in [0.4, 0.5) is 5.69 Å². The number of rotatable bonds is 6. The Morgan fingerprint density at radius 2 is 1.76 bits per heavy atom. The van der Waals surface area contributed by atoms with Gasteiger partial charge in [0.15, 0.2) is 5.11 Å². The molecule has 0 bridgehead atoms. The van der Waals surface area contributed by atoms with E-state index >= 15 is 0 Å². The minimum Gasteiger partial charge on any atom is -0.497 e. The Labute approximate surface area is 197 Å². The molecule has 5 rings (SSSR count). The molecule has 1 aliphatic heterocycles. The molecular weight excluding hydrogens is 434 g/mol. The van der Waals surface area contributed by atoms with Gasteiger partial charge >= 0.3 is 0 Å². The van der Waals surface area contributed by atoms with Gasteiger partial charge in [-0.3, -0.25) is 4.98 Å². The normalized spacial score (nSPS) is 17.6. The molecule has 2 aromatic carbocycles. The molecule has 1 aliphatic rings. The van der Waals surface area contributed by atoms with E-state index in [1.165, 1.54) is 0 Å². The molecule has 0 amide bonds. The third-order valence-corrected chi connectivity index (χ3v) is 6.04. The highest BCUT2D eigenvalue weighted by atomic mass is 32.1. The van der Waals surface area contributed by atoms with E-state index in [2.05, 4.69) is 10.3 Å². The van der Waals surface area contributed by atoms with Crippen LogP contribution in [0.5, 0.6) is 11.5 Å². The van der Waals surface area contributed by atoms with Crippen molar-refractivity contribution in [3.05, 3.63) is 96.5 Å². The summed E-state index contributed by atoms with van der Waals surface area (Å²) < 4.78 is 17.5. The van der Waals surface area contributed by atoms with E-state index in [-0.39, 0.29) is 12.1 Å². The highest BCUT2D eigenvalue weighted by Crippen LogP contribution is 2.46. The summed E-state index contributed by atoms with van der Waals surface area (Å²) in [5.74, 6) is 2.93. The Kier molecular flexibility index (Phi) is 5.71. The molecule has 6 nitrogen and oxygen atoms in total. The van der Waals surface area contributed by atoms with Gasteiger partial charge in [0.05, 0.1) is 31.6 Å². The summed E-state index contributed by atoms with van der Waals surface area (Å²) >= 11 is 5.80. The van der Waals surface area contributed by atoms with Crippen LogP contribution in [0.2, 0.25) is 0 Å². The van der Waals surface area contributed by atoms with E-state index in [0.29, 0.717) is 16.6 Å². The number of methoxy groups -OCH3 is 2. The zero-order chi connectivity index (χ0) is 22.8. The quantitative estimate of drug-likeness (QED) is 0.382. The van der Waals surface area contributed by atoms with Gasteiger partial charge in [-0.15, -0.1) is 0 Å². The predicted octanol–water partition coefficient (Wildman–Crippen LogP) is 5.54. The smallest absolute Gasteiger partial charge is 0.174 e. The summed E-state index contributed by atoms with van der Waals surface area (Å²) in [6.07, 6.45) is 1.78. The maximum absolute atomic E-state index is 6.39. The molecule has 33 heavy (non-hydrogen) atoms. The number of benzene rings is 2. The van der Waals surface area contributed by atoms with Crippen molar-refractivity contribution >= 4 is 23.0 Å². The molecular formula is C26H23N3O3S. The zero-order valence-corrected chi connectivity index (χ0v) is 19.1. The summed E-state index contributed by atoms with van der Waals surface area (Å²) in [4.78, 5) is 6.62. The first-order valence-corrected chi connectivity index (χ1v) is 11.0. The molecule has 0 unspecified atom stereocenters. The second kappa shape index (κ2) is 8.96. The maximum Gasteiger partial charge on any atom is 0.174 e. The number of hydrogen-bond donors (Lipinski definition) is 1. The van der Waals surface area contributed by atoms with Crippen LogP contribution in [0.1, 0.15) is 23.5 Å². The van der Waals surface area contributed by atoms with Crippen LogP contribution in [0.25, 0.3) is 11.3 Å². The Hall–Kier alpha value is -3.84. The first-order valence-electron chi connectivity index (χ1n) is 10.6. The third kappa shape index (κ3) is 3.91. The highest BCUT2D eigenvalue weighted by Gasteiger charge is 2.43. The van der Waals surface area contributed by atoms with E-state index in [4.69, 9.17) is 26.1 Å². The fourth-order valence-electron chi connectivity index (χ4n) is 4.16. The van der Waals surface area contributed by atoms with Gasteiger partial charge in [0.25, 0.3) is 0 Å². The van der Waals surface area contributed by atoms with Crippen molar-refractivity contribution in [3.8, 4) is 22.8 Å². The van der Waals surface area contributed by atoms with E-state index in [0.717, 1.165) is 28.5 Å². The average Bonchev–Trinajstić information content (AvgIpc) is 3.49. The van der Waals surface area contributed by atoms with E-state index in [1.807, 2.05) is 83.8 Å². The molecule has 3 heterocycles. The van der Waals surface area contributed by atoms with Crippen molar-refractivity contribution < 1.29 is 13.9 Å². The minimum atomic E-state index is -0.271. The molecule has 7 heteroatoms. The number of furan rings is 1. The molecule has 4 aromatic rings. The number of ether oxygens (including phenoxy) is 2. The van der Waals surface area contributed by atoms with Crippen molar-refractivity contribution in [2.24, 2.45) is 0 Å². The van der Waals surface area contributed by atoms with Crippen LogP contribution < -0.4 is 19.7 Å². The van der Waals surface area contributed by atoms with Crippen molar-refractivity contribution in [2.75, 3.05) is 19.1 Å². The van der Waals surface area contributed by atoms with Gasteiger partial charge < -0.3 is 24.1 Å². The maximum atomic E-state index is 6.39. The van der Waals surface area contributed by atoms with E-state index in [9.17, 15) is 0 Å². The largest absolute Gasteiger partial charge is 0.497 e. The Morgan fingerprint density at radius 3 is 2.48 bits per heavy atom. The van der Waals surface area contributed by atoms with Crippen molar-refractivity contribution in [1.29, 1.82) is 0 Å². The molecule has 1 fully saturated rings. The molecule has 166 valence electrons. The Morgan fingerprint density at radius 1 is 0.939 bits per heavy atom. The number of pyridine rings is 1. The van der Waals surface area contributed by atoms with Crippen LogP contribution in [0, 0.1) is 0 Å². The summed E-state index contributed by atoms with van der Waals surface area (Å²) in [5, 5.41) is 4.01. The average molecular weight is 458 g/mol. The van der Waals surface area contributed by atoms with Crippen LogP contribution in [-0.4, -0.2) is 24.3 Å². The zero-order valence-electron chi connectivity index (χ0n) is 18.3. The Bertz CT molecular complexity index is 1260. The first kappa shape index (κ1) is 21.0. The fraction of sp³-hybridized carbons (Fsp3) is 0.154. The van der Waals surface area contributed by atoms with Crippen molar-refractivity contribution in [3.63, 3.8) is 0 Å². The molecule has 2 atom stereocenters. The van der Waals surface area contributed by atoms with Gasteiger partial charge in [-0.1, -0.05) is 36.4 Å². The first-order chi connectivity index (χ1) is 16.2. The van der Waals surface area contributed by atoms with Crippen molar-refractivity contribution in [1.82, 2.24) is 10.3 Å². The second-order valence-corrected chi connectivity index (χ2v) is 7.99. The number of thiocarbonyl (C=S) groups is 1. The third-order valence-electron chi connectivity index (χ3n) is 5.72. The van der Waals surface area contributed by atoms with Gasteiger partial charge in [-0.25, -0.2) is 0 Å². The fourth-order valence-corrected chi connectivity index (χ4v) is 4.50. The summed E-state index contributed by atoms with van der Waals surface area (Å²) in [6.45, 7) is 0. The second-order valence-electron chi connectivity index (χ2n) is 7.60. The summed E-state index contributed by atoms with van der Waals surface area (Å²) in [7, 11) is 3.26. The monoisotopic (exact) mass is 457 g/mol. The highest BCUT2D eigenvalue weighted by molar-refractivity contribution is 7.80. The lowest BCUT2D eigenvalue weighted by Gasteiger charge is -2.27. The molecule has 1 N–H and O–H groups in total. The van der Waals surface area contributed by atoms with Crippen LogP contribution in [-0.2, 0) is 0 Å². The van der Waals surface area contributed by atoms with Gasteiger partial charge in [-0.2, -0.15) is 0 Å². The topological polar surface area (TPSA) is 59.8 Å². The van der Waals surface area contributed by atoms with Crippen molar-refractivity contribution in [2.45, 2.75) is 12.1 Å². The van der Waals surface area contributed by atoms with Gasteiger partial charge in [0.1, 0.15) is 29.1 Å². The lowest BCUT2D eigenvalue weighted by molar-refractivity contribution is 0.392. The lowest BCUT2D eigenvalue weighted by Crippen LogP contribution is -2.29. The summed E-state index contributed by atoms with van der Waals surface area (Å²) in [5.41, 5.74) is 2.70. The van der Waals surface area contributed by atoms with Gasteiger partial charge in [0, 0.05) is 17.8 Å². The number of nitrogens with zero attached hydrogens (tertiary/aromatic N) is 2. The molecule has 2 aromatic heterocycles. The van der Waals surface area contributed by atoms with Crippen LogP contribution >= 0.6 is 12.2 Å². The van der Waals surface area contributed by atoms with Crippen LogP contribution in [0.3, 0.4) is 0 Å². The lowest BCUT2D eigenvalue weighted by atomic mass is 10.0. The van der Waals surface area contributed by atoms with Gasteiger partial charge in [0.2, 0.25) is 0 Å². The minimum absolute atomic E-state index is 0.208. The Balaban J connectivity index is 1.63. The molecule has 0 aliphatic carbocycles. The molecule has 0 saturated carbocycles. The molecule has 1 saturated heterocycles. The van der Waals surface area contributed by atoms with Gasteiger partial charge in [-0.05, 0) is 48.6 Å². The molecule has 0 spiro atoms. The molecule has 0 radical (unpaired) electrons. The number of anilines is 1.